The number of carbonyl (C=O) groups excluding carboxylic acids is 2. The van der Waals surface area contributed by atoms with Crippen LogP contribution >= 0.6 is 23.7 Å². The van der Waals surface area contributed by atoms with E-state index in [1.165, 1.54) is 11.3 Å². The summed E-state index contributed by atoms with van der Waals surface area (Å²) in [6, 6.07) is 10.8. The van der Waals surface area contributed by atoms with Crippen molar-refractivity contribution < 1.29 is 9.59 Å². The smallest absolute Gasteiger partial charge is 0.265 e. The summed E-state index contributed by atoms with van der Waals surface area (Å²) in [6.45, 7) is 1.38. The molecular formula is C20H22ClN5O2S. The number of nitrogens with zero attached hydrogens (tertiary/aromatic N) is 2. The highest BCUT2D eigenvalue weighted by molar-refractivity contribution is 7.12. The number of nitrogens with one attached hydrogen (secondary N) is 3. The van der Waals surface area contributed by atoms with Crippen LogP contribution in [0.4, 0.5) is 11.4 Å². The first-order valence-electron chi connectivity index (χ1n) is 9.05. The number of carbonyl (C=O) groups is 2. The number of benzene rings is 1. The number of hydrogen-bond donors (Lipinski definition) is 3. The molecule has 0 spiro atoms. The first-order valence-corrected chi connectivity index (χ1v) is 9.93. The third-order valence-corrected chi connectivity index (χ3v) is 5.71. The van der Waals surface area contributed by atoms with Crippen molar-refractivity contribution in [2.75, 3.05) is 23.7 Å². The second-order valence-electron chi connectivity index (χ2n) is 6.82. The van der Waals surface area contributed by atoms with Crippen LogP contribution in [-0.2, 0) is 11.8 Å². The second-order valence-corrected chi connectivity index (χ2v) is 7.77. The van der Waals surface area contributed by atoms with Crippen LogP contribution in [0, 0.1) is 5.92 Å². The van der Waals surface area contributed by atoms with Crippen molar-refractivity contribution in [3.8, 4) is 0 Å². The molecule has 1 aromatic carbocycles. The van der Waals surface area contributed by atoms with Crippen molar-refractivity contribution in [2.45, 2.75) is 5.92 Å². The van der Waals surface area contributed by atoms with E-state index in [4.69, 9.17) is 0 Å². The maximum atomic E-state index is 12.9. The summed E-state index contributed by atoms with van der Waals surface area (Å²) < 4.78 is 1.75. The predicted molar refractivity (Wildman–Crippen MR) is 117 cm³/mol. The molecule has 0 radical (unpaired) electrons. The van der Waals surface area contributed by atoms with E-state index in [9.17, 15) is 9.59 Å². The van der Waals surface area contributed by atoms with Gasteiger partial charge in [-0.15, -0.1) is 23.7 Å². The van der Waals surface area contributed by atoms with E-state index >= 15 is 0 Å². The average Bonchev–Trinajstić information content (AvgIpc) is 3.43. The zero-order valence-electron chi connectivity index (χ0n) is 15.8. The zero-order chi connectivity index (χ0) is 19.5. The molecule has 0 aliphatic carbocycles. The van der Waals surface area contributed by atoms with E-state index in [-0.39, 0.29) is 36.1 Å². The molecule has 1 aliphatic heterocycles. The minimum absolute atomic E-state index is 0. The number of aromatic nitrogens is 2. The lowest BCUT2D eigenvalue weighted by molar-refractivity contribution is -0.119. The summed E-state index contributed by atoms with van der Waals surface area (Å²) in [6.07, 6.45) is 3.78. The summed E-state index contributed by atoms with van der Waals surface area (Å²) in [5, 5.41) is 15.2. The Morgan fingerprint density at radius 2 is 1.97 bits per heavy atom. The fourth-order valence-electron chi connectivity index (χ4n) is 3.45. The monoisotopic (exact) mass is 431 g/mol. The Morgan fingerprint density at radius 3 is 2.66 bits per heavy atom. The van der Waals surface area contributed by atoms with Crippen LogP contribution < -0.4 is 16.0 Å². The number of aryl methyl sites for hydroxylation is 1. The number of amides is 2. The molecule has 1 aliphatic rings. The van der Waals surface area contributed by atoms with Crippen molar-refractivity contribution in [3.63, 3.8) is 0 Å². The standard InChI is InChI=1S/C20H21N5O2S.ClH/c1-25-12-13(9-22-25)16-10-21-11-17(16)19(26)23-14-4-2-5-15(8-14)24-20(27)18-6-3-7-28-18;/h2-9,12,16-17,21H,10-11H2,1H3,(H,23,26)(H,24,27);1H/t16-,17+;/m1./s1. The van der Waals surface area contributed by atoms with Crippen molar-refractivity contribution in [3.05, 3.63) is 64.6 Å². The van der Waals surface area contributed by atoms with Crippen molar-refractivity contribution in [2.24, 2.45) is 13.0 Å². The molecule has 9 heteroatoms. The third kappa shape index (κ3) is 4.84. The van der Waals surface area contributed by atoms with Crippen LogP contribution in [0.3, 0.4) is 0 Å². The van der Waals surface area contributed by atoms with Gasteiger partial charge >= 0.3 is 0 Å². The van der Waals surface area contributed by atoms with E-state index < -0.39 is 0 Å². The Balaban J connectivity index is 0.00000240. The van der Waals surface area contributed by atoms with E-state index in [1.807, 2.05) is 43.0 Å². The zero-order valence-corrected chi connectivity index (χ0v) is 17.4. The quantitative estimate of drug-likeness (QED) is 0.579. The van der Waals surface area contributed by atoms with Crippen LogP contribution in [0.1, 0.15) is 21.2 Å². The van der Waals surface area contributed by atoms with Gasteiger partial charge in [0, 0.05) is 43.6 Å². The molecule has 3 heterocycles. The van der Waals surface area contributed by atoms with Gasteiger partial charge in [0.2, 0.25) is 5.91 Å². The van der Waals surface area contributed by atoms with Crippen LogP contribution in [-0.4, -0.2) is 34.7 Å². The maximum Gasteiger partial charge on any atom is 0.265 e. The Labute approximate surface area is 178 Å². The van der Waals surface area contributed by atoms with Gasteiger partial charge in [-0.3, -0.25) is 14.3 Å². The molecule has 1 saturated heterocycles. The summed E-state index contributed by atoms with van der Waals surface area (Å²) >= 11 is 1.39. The SMILES string of the molecule is Cl.Cn1cc([C@H]2CNC[C@@H]2C(=O)Nc2cccc(NC(=O)c3cccs3)c2)cn1. The number of halogens is 1. The minimum Gasteiger partial charge on any atom is -0.326 e. The molecule has 1 fully saturated rings. The fourth-order valence-corrected chi connectivity index (χ4v) is 4.07. The summed E-state index contributed by atoms with van der Waals surface area (Å²) in [7, 11) is 1.87. The lowest BCUT2D eigenvalue weighted by Crippen LogP contribution is -2.28. The molecule has 29 heavy (non-hydrogen) atoms. The van der Waals surface area contributed by atoms with Crippen LogP contribution in [0.15, 0.2) is 54.2 Å². The topological polar surface area (TPSA) is 88.0 Å². The van der Waals surface area contributed by atoms with E-state index in [1.54, 1.807) is 22.9 Å². The minimum atomic E-state index is -0.173. The van der Waals surface area contributed by atoms with Gasteiger partial charge in [-0.2, -0.15) is 5.10 Å². The van der Waals surface area contributed by atoms with Crippen molar-refractivity contribution in [1.82, 2.24) is 15.1 Å². The Bertz CT molecular complexity index is 988. The molecule has 0 bridgehead atoms. The number of rotatable bonds is 5. The largest absolute Gasteiger partial charge is 0.326 e. The Kier molecular flexibility index (Phi) is 6.68. The van der Waals surface area contributed by atoms with Crippen molar-refractivity contribution in [1.29, 1.82) is 0 Å². The molecule has 0 unspecified atom stereocenters. The van der Waals surface area contributed by atoms with Gasteiger partial charge in [-0.25, -0.2) is 0 Å². The number of hydrogen-bond acceptors (Lipinski definition) is 5. The maximum absolute atomic E-state index is 12.9. The molecule has 3 N–H and O–H groups in total. The summed E-state index contributed by atoms with van der Waals surface area (Å²) in [5.74, 6) is -0.278. The molecule has 7 nitrogen and oxygen atoms in total. The van der Waals surface area contributed by atoms with Crippen molar-refractivity contribution >= 4 is 46.9 Å². The van der Waals surface area contributed by atoms with Gasteiger partial charge in [0.05, 0.1) is 17.0 Å². The van der Waals surface area contributed by atoms with Crippen LogP contribution in [0.5, 0.6) is 0 Å². The Hall–Kier alpha value is -2.68. The van der Waals surface area contributed by atoms with Gasteiger partial charge in [-0.1, -0.05) is 12.1 Å². The van der Waals surface area contributed by atoms with Crippen LogP contribution in [0.2, 0.25) is 0 Å². The molecule has 2 atom stereocenters. The first-order chi connectivity index (χ1) is 13.6. The van der Waals surface area contributed by atoms with Gasteiger partial charge in [0.1, 0.15) is 0 Å². The van der Waals surface area contributed by atoms with E-state index in [0.29, 0.717) is 22.8 Å². The lowest BCUT2D eigenvalue weighted by atomic mass is 9.90. The normalized spacial score (nSPS) is 18.1. The second kappa shape index (κ2) is 9.21. The highest BCUT2D eigenvalue weighted by Crippen LogP contribution is 2.29. The highest BCUT2D eigenvalue weighted by atomic mass is 35.5. The summed E-state index contributed by atoms with van der Waals surface area (Å²) in [5.41, 5.74) is 2.36. The molecule has 0 saturated carbocycles. The average molecular weight is 432 g/mol. The fraction of sp³-hybridized carbons (Fsp3) is 0.250. The molecular weight excluding hydrogens is 410 g/mol. The van der Waals surface area contributed by atoms with Crippen LogP contribution in [0.25, 0.3) is 0 Å². The molecule has 2 aromatic heterocycles. The van der Waals surface area contributed by atoms with E-state index in [0.717, 1.165) is 12.1 Å². The third-order valence-electron chi connectivity index (χ3n) is 4.84. The van der Waals surface area contributed by atoms with Gasteiger partial charge in [0.15, 0.2) is 0 Å². The lowest BCUT2D eigenvalue weighted by Gasteiger charge is -2.17. The number of thiophene rings is 1. The van der Waals surface area contributed by atoms with Gasteiger partial charge in [-0.05, 0) is 35.2 Å². The molecule has 4 rings (SSSR count). The molecule has 3 aromatic rings. The first kappa shape index (κ1) is 21.0. The predicted octanol–water partition coefficient (Wildman–Crippen LogP) is 3.10. The molecule has 152 valence electrons. The summed E-state index contributed by atoms with van der Waals surface area (Å²) in [4.78, 5) is 25.7. The molecule has 2 amide bonds. The van der Waals surface area contributed by atoms with Gasteiger partial charge < -0.3 is 16.0 Å². The Morgan fingerprint density at radius 1 is 1.17 bits per heavy atom. The van der Waals surface area contributed by atoms with E-state index in [2.05, 4.69) is 21.0 Å². The number of anilines is 2. The van der Waals surface area contributed by atoms with Gasteiger partial charge in [0.25, 0.3) is 5.91 Å². The highest BCUT2D eigenvalue weighted by Gasteiger charge is 2.34.